The summed E-state index contributed by atoms with van der Waals surface area (Å²) in [4.78, 5) is 8.34. The van der Waals surface area contributed by atoms with E-state index < -0.39 is 9.84 Å². The zero-order valence-corrected chi connectivity index (χ0v) is 11.9. The molecule has 1 unspecified atom stereocenters. The Balaban J connectivity index is 2.77. The van der Waals surface area contributed by atoms with Gasteiger partial charge in [0, 0.05) is 24.1 Å². The van der Waals surface area contributed by atoms with Crippen molar-refractivity contribution in [3.05, 3.63) is 11.8 Å². The fraction of sp³-hybridized carbons (Fsp3) is 0.636. The number of aromatic nitrogens is 2. The van der Waals surface area contributed by atoms with Crippen molar-refractivity contribution in [3.8, 4) is 5.88 Å². The van der Waals surface area contributed by atoms with Crippen LogP contribution in [0.4, 0.5) is 5.95 Å². The molecule has 7 heteroatoms. The SMILES string of the molecule is CCOc1cc(C)nc(NC(C)CS(C)(=O)=O)n1. The minimum atomic E-state index is -3.02. The fourth-order valence-corrected chi connectivity index (χ4v) is 2.53. The molecule has 0 saturated heterocycles. The van der Waals surface area contributed by atoms with E-state index in [1.54, 1.807) is 13.0 Å². The normalized spacial score (nSPS) is 13.1. The summed E-state index contributed by atoms with van der Waals surface area (Å²) in [5, 5.41) is 2.96. The summed E-state index contributed by atoms with van der Waals surface area (Å²) in [7, 11) is -3.02. The number of hydrogen-bond donors (Lipinski definition) is 1. The molecule has 0 saturated carbocycles. The number of anilines is 1. The predicted octanol–water partition coefficient (Wildman–Crippen LogP) is 1.03. The van der Waals surface area contributed by atoms with Crippen LogP contribution in [0.2, 0.25) is 0 Å². The van der Waals surface area contributed by atoms with Crippen LogP contribution in [0.5, 0.6) is 5.88 Å². The Morgan fingerprint density at radius 1 is 1.44 bits per heavy atom. The second-order valence-electron chi connectivity index (χ2n) is 4.24. The maximum absolute atomic E-state index is 11.2. The van der Waals surface area contributed by atoms with Crippen molar-refractivity contribution in [2.75, 3.05) is 23.9 Å². The van der Waals surface area contributed by atoms with E-state index in [-0.39, 0.29) is 11.8 Å². The molecule has 0 bridgehead atoms. The summed E-state index contributed by atoms with van der Waals surface area (Å²) in [6.07, 6.45) is 1.20. The van der Waals surface area contributed by atoms with E-state index in [0.29, 0.717) is 18.4 Å². The van der Waals surface area contributed by atoms with Crippen molar-refractivity contribution < 1.29 is 13.2 Å². The van der Waals surface area contributed by atoms with Crippen LogP contribution in [0.3, 0.4) is 0 Å². The number of ether oxygens (including phenoxy) is 1. The molecule has 0 aromatic carbocycles. The van der Waals surface area contributed by atoms with Crippen LogP contribution < -0.4 is 10.1 Å². The number of nitrogens with zero attached hydrogens (tertiary/aromatic N) is 2. The van der Waals surface area contributed by atoms with Gasteiger partial charge in [-0.25, -0.2) is 13.4 Å². The summed E-state index contributed by atoms with van der Waals surface area (Å²) in [6.45, 7) is 6.00. The van der Waals surface area contributed by atoms with Crippen LogP contribution in [-0.4, -0.2) is 43.0 Å². The van der Waals surface area contributed by atoms with Gasteiger partial charge in [0.1, 0.15) is 9.84 Å². The molecule has 1 N–H and O–H groups in total. The number of rotatable bonds is 6. The average molecular weight is 273 g/mol. The monoisotopic (exact) mass is 273 g/mol. The first kappa shape index (κ1) is 14.7. The van der Waals surface area contributed by atoms with Crippen molar-refractivity contribution in [2.24, 2.45) is 0 Å². The Bertz CT molecular complexity index is 502. The summed E-state index contributed by atoms with van der Waals surface area (Å²) in [6, 6.07) is 1.48. The molecular formula is C11H19N3O3S. The number of hydrogen-bond acceptors (Lipinski definition) is 6. The van der Waals surface area contributed by atoms with Crippen LogP contribution in [0, 0.1) is 6.92 Å². The molecule has 1 aromatic rings. The quantitative estimate of drug-likeness (QED) is 0.833. The van der Waals surface area contributed by atoms with Crippen molar-refractivity contribution in [2.45, 2.75) is 26.8 Å². The van der Waals surface area contributed by atoms with Crippen molar-refractivity contribution in [1.82, 2.24) is 9.97 Å². The van der Waals surface area contributed by atoms with Crippen molar-refractivity contribution in [3.63, 3.8) is 0 Å². The minimum Gasteiger partial charge on any atom is -0.478 e. The van der Waals surface area contributed by atoms with Crippen LogP contribution in [-0.2, 0) is 9.84 Å². The largest absolute Gasteiger partial charge is 0.478 e. The number of sulfone groups is 1. The first-order valence-corrected chi connectivity index (χ1v) is 7.79. The van der Waals surface area contributed by atoms with Crippen LogP contribution in [0.25, 0.3) is 0 Å². The van der Waals surface area contributed by atoms with Gasteiger partial charge in [-0.15, -0.1) is 0 Å². The lowest BCUT2D eigenvalue weighted by Gasteiger charge is -2.13. The molecule has 1 aromatic heterocycles. The molecule has 1 rings (SSSR count). The highest BCUT2D eigenvalue weighted by atomic mass is 32.2. The molecule has 1 heterocycles. The fourth-order valence-electron chi connectivity index (χ4n) is 1.54. The van der Waals surface area contributed by atoms with Gasteiger partial charge in [-0.1, -0.05) is 0 Å². The maximum Gasteiger partial charge on any atom is 0.226 e. The molecular weight excluding hydrogens is 254 g/mol. The van der Waals surface area contributed by atoms with Gasteiger partial charge >= 0.3 is 0 Å². The van der Waals surface area contributed by atoms with Gasteiger partial charge in [0.15, 0.2) is 0 Å². The van der Waals surface area contributed by atoms with Gasteiger partial charge in [0.05, 0.1) is 12.4 Å². The molecule has 0 spiro atoms. The Morgan fingerprint density at radius 2 is 2.11 bits per heavy atom. The molecule has 0 aliphatic heterocycles. The highest BCUT2D eigenvalue weighted by Crippen LogP contribution is 2.12. The van der Waals surface area contributed by atoms with Gasteiger partial charge in [0.2, 0.25) is 11.8 Å². The molecule has 0 aliphatic carbocycles. The molecule has 6 nitrogen and oxygen atoms in total. The number of aryl methyl sites for hydroxylation is 1. The molecule has 0 radical (unpaired) electrons. The minimum absolute atomic E-state index is 0.0360. The third kappa shape index (κ3) is 5.31. The third-order valence-electron chi connectivity index (χ3n) is 2.05. The molecule has 0 aliphatic rings. The van der Waals surface area contributed by atoms with Crippen molar-refractivity contribution >= 4 is 15.8 Å². The topological polar surface area (TPSA) is 81.2 Å². The third-order valence-corrected chi connectivity index (χ3v) is 3.16. The van der Waals surface area contributed by atoms with E-state index in [4.69, 9.17) is 4.74 Å². The molecule has 0 fully saturated rings. The Labute approximate surface area is 108 Å². The van der Waals surface area contributed by atoms with Crippen molar-refractivity contribution in [1.29, 1.82) is 0 Å². The lowest BCUT2D eigenvalue weighted by atomic mass is 10.4. The second-order valence-corrected chi connectivity index (χ2v) is 6.43. The predicted molar refractivity (Wildman–Crippen MR) is 70.7 cm³/mol. The first-order chi connectivity index (χ1) is 8.30. The zero-order valence-electron chi connectivity index (χ0n) is 11.1. The van der Waals surface area contributed by atoms with Gasteiger partial charge in [-0.2, -0.15) is 4.98 Å². The van der Waals surface area contributed by atoms with E-state index in [1.165, 1.54) is 6.26 Å². The highest BCUT2D eigenvalue weighted by molar-refractivity contribution is 7.90. The van der Waals surface area contributed by atoms with Crippen LogP contribution in [0.1, 0.15) is 19.5 Å². The van der Waals surface area contributed by atoms with E-state index >= 15 is 0 Å². The molecule has 1 atom stereocenters. The summed E-state index contributed by atoms with van der Waals surface area (Å²) >= 11 is 0. The summed E-state index contributed by atoms with van der Waals surface area (Å²) in [5.41, 5.74) is 0.766. The van der Waals surface area contributed by atoms with Gasteiger partial charge in [0.25, 0.3) is 0 Å². The Hall–Kier alpha value is -1.37. The van der Waals surface area contributed by atoms with E-state index in [1.807, 2.05) is 13.8 Å². The molecule has 102 valence electrons. The van der Waals surface area contributed by atoms with E-state index in [9.17, 15) is 8.42 Å². The van der Waals surface area contributed by atoms with Gasteiger partial charge in [-0.05, 0) is 20.8 Å². The lowest BCUT2D eigenvalue weighted by Crippen LogP contribution is -2.26. The van der Waals surface area contributed by atoms with E-state index in [0.717, 1.165) is 5.69 Å². The molecule has 18 heavy (non-hydrogen) atoms. The zero-order chi connectivity index (χ0) is 13.8. The highest BCUT2D eigenvalue weighted by Gasteiger charge is 2.12. The molecule has 0 amide bonds. The Kier molecular flexibility index (Phi) is 4.89. The van der Waals surface area contributed by atoms with Gasteiger partial charge < -0.3 is 10.1 Å². The average Bonchev–Trinajstić information content (AvgIpc) is 2.12. The van der Waals surface area contributed by atoms with E-state index in [2.05, 4.69) is 15.3 Å². The van der Waals surface area contributed by atoms with Crippen LogP contribution >= 0.6 is 0 Å². The maximum atomic E-state index is 11.2. The van der Waals surface area contributed by atoms with Crippen LogP contribution in [0.15, 0.2) is 6.07 Å². The smallest absolute Gasteiger partial charge is 0.226 e. The number of nitrogens with one attached hydrogen (secondary N) is 1. The standard InChI is InChI=1S/C11H19N3O3S/c1-5-17-10-6-8(2)12-11(14-10)13-9(3)7-18(4,15)16/h6,9H,5,7H2,1-4H3,(H,12,13,14). The summed E-state index contributed by atoms with van der Waals surface area (Å²) in [5.74, 6) is 0.905. The second kappa shape index (κ2) is 5.99. The first-order valence-electron chi connectivity index (χ1n) is 5.73. The van der Waals surface area contributed by atoms with Gasteiger partial charge in [-0.3, -0.25) is 0 Å². The Morgan fingerprint density at radius 3 is 2.67 bits per heavy atom. The lowest BCUT2D eigenvalue weighted by molar-refractivity contribution is 0.326. The summed E-state index contributed by atoms with van der Waals surface area (Å²) < 4.78 is 27.6.